The van der Waals surface area contributed by atoms with Crippen LogP contribution >= 0.6 is 0 Å². The Kier molecular flexibility index (Phi) is 4.70. The van der Waals surface area contributed by atoms with E-state index in [2.05, 4.69) is 5.32 Å². The van der Waals surface area contributed by atoms with E-state index in [-0.39, 0.29) is 17.9 Å². The third kappa shape index (κ3) is 3.56. The second-order valence-electron chi connectivity index (χ2n) is 4.86. The summed E-state index contributed by atoms with van der Waals surface area (Å²) in [4.78, 5) is 11.8. The van der Waals surface area contributed by atoms with Crippen molar-refractivity contribution in [2.45, 2.75) is 39.8 Å². The zero-order valence-electron chi connectivity index (χ0n) is 11.0. The molecule has 94 valence electrons. The summed E-state index contributed by atoms with van der Waals surface area (Å²) < 4.78 is 0. The van der Waals surface area contributed by atoms with E-state index >= 15 is 0 Å². The minimum Gasteiger partial charge on any atom is -0.348 e. The number of hydrogen-bond acceptors (Lipinski definition) is 2. The second-order valence-corrected chi connectivity index (χ2v) is 4.86. The molecule has 0 heterocycles. The van der Waals surface area contributed by atoms with Gasteiger partial charge in [0.25, 0.3) is 0 Å². The van der Waals surface area contributed by atoms with Gasteiger partial charge in [0.1, 0.15) is 0 Å². The lowest BCUT2D eigenvalue weighted by Crippen LogP contribution is -2.44. The molecule has 0 aromatic heterocycles. The van der Waals surface area contributed by atoms with Crippen LogP contribution in [0.2, 0.25) is 0 Å². The number of benzene rings is 1. The molecule has 0 aliphatic carbocycles. The quantitative estimate of drug-likeness (QED) is 0.838. The highest BCUT2D eigenvalue weighted by Crippen LogP contribution is 2.16. The molecule has 0 aliphatic heterocycles. The Morgan fingerprint density at radius 3 is 2.35 bits per heavy atom. The Balaban J connectivity index is 2.70. The van der Waals surface area contributed by atoms with Crippen LogP contribution in [0, 0.1) is 12.8 Å². The molecule has 1 amide bonds. The van der Waals surface area contributed by atoms with E-state index in [4.69, 9.17) is 5.73 Å². The molecule has 3 heteroatoms. The zero-order valence-corrected chi connectivity index (χ0v) is 11.0. The largest absolute Gasteiger partial charge is 0.348 e. The Labute approximate surface area is 103 Å². The summed E-state index contributed by atoms with van der Waals surface area (Å²) in [5.41, 5.74) is 8.13. The van der Waals surface area contributed by atoms with Gasteiger partial charge in [-0.3, -0.25) is 4.79 Å². The first-order chi connectivity index (χ1) is 7.93. The van der Waals surface area contributed by atoms with Crippen molar-refractivity contribution in [1.29, 1.82) is 0 Å². The van der Waals surface area contributed by atoms with E-state index in [1.807, 2.05) is 52.0 Å². The minimum absolute atomic E-state index is 0.00602. The maximum atomic E-state index is 11.8. The average molecular weight is 234 g/mol. The third-order valence-electron chi connectivity index (χ3n) is 3.03. The maximum Gasteiger partial charge on any atom is 0.237 e. The topological polar surface area (TPSA) is 55.1 Å². The standard InChI is InChI=1S/C14H22N2O/c1-9(2)13(15)14(17)16-11(4)12-8-6-5-7-10(12)3/h5-9,11,13H,15H2,1-4H3,(H,16,17)/t11?,13-/m0/s1. The first kappa shape index (κ1) is 13.7. The molecule has 3 nitrogen and oxygen atoms in total. The molecule has 3 N–H and O–H groups in total. The third-order valence-corrected chi connectivity index (χ3v) is 3.03. The van der Waals surface area contributed by atoms with Crippen LogP contribution in [-0.2, 0) is 4.79 Å². The molecule has 0 aliphatic rings. The highest BCUT2D eigenvalue weighted by atomic mass is 16.2. The molecule has 1 aromatic rings. The predicted molar refractivity (Wildman–Crippen MR) is 70.6 cm³/mol. The lowest BCUT2D eigenvalue weighted by molar-refractivity contribution is -0.123. The fourth-order valence-corrected chi connectivity index (χ4v) is 1.76. The minimum atomic E-state index is -0.443. The van der Waals surface area contributed by atoms with Crippen molar-refractivity contribution in [2.24, 2.45) is 11.7 Å². The van der Waals surface area contributed by atoms with Crippen molar-refractivity contribution in [2.75, 3.05) is 0 Å². The number of carbonyl (C=O) groups is 1. The molecular formula is C14H22N2O. The van der Waals surface area contributed by atoms with Crippen LogP contribution in [0.4, 0.5) is 0 Å². The smallest absolute Gasteiger partial charge is 0.237 e. The van der Waals surface area contributed by atoms with Gasteiger partial charge in [-0.25, -0.2) is 0 Å². The van der Waals surface area contributed by atoms with Crippen LogP contribution in [-0.4, -0.2) is 11.9 Å². The van der Waals surface area contributed by atoms with Crippen LogP contribution in [0.25, 0.3) is 0 Å². The van der Waals surface area contributed by atoms with Crippen LogP contribution in [0.5, 0.6) is 0 Å². The monoisotopic (exact) mass is 234 g/mol. The summed E-state index contributed by atoms with van der Waals surface area (Å²) in [7, 11) is 0. The van der Waals surface area contributed by atoms with Crippen LogP contribution in [0.15, 0.2) is 24.3 Å². The Morgan fingerprint density at radius 1 is 1.24 bits per heavy atom. The Morgan fingerprint density at radius 2 is 1.82 bits per heavy atom. The van der Waals surface area contributed by atoms with Crippen molar-refractivity contribution >= 4 is 5.91 Å². The maximum absolute atomic E-state index is 11.8. The summed E-state index contributed by atoms with van der Waals surface area (Å²) >= 11 is 0. The van der Waals surface area contributed by atoms with Gasteiger partial charge < -0.3 is 11.1 Å². The number of aryl methyl sites for hydroxylation is 1. The summed E-state index contributed by atoms with van der Waals surface area (Å²) in [6.45, 7) is 7.92. The fraction of sp³-hybridized carbons (Fsp3) is 0.500. The molecule has 0 radical (unpaired) electrons. The highest BCUT2D eigenvalue weighted by molar-refractivity contribution is 5.82. The fourth-order valence-electron chi connectivity index (χ4n) is 1.76. The molecule has 0 bridgehead atoms. The first-order valence-corrected chi connectivity index (χ1v) is 6.05. The summed E-state index contributed by atoms with van der Waals surface area (Å²) in [5, 5.41) is 2.95. The molecule has 0 spiro atoms. The lowest BCUT2D eigenvalue weighted by atomic mass is 10.0. The van der Waals surface area contributed by atoms with Gasteiger partial charge in [0.2, 0.25) is 5.91 Å². The summed E-state index contributed by atoms with van der Waals surface area (Å²) in [6, 6.07) is 7.59. The van der Waals surface area contributed by atoms with E-state index in [9.17, 15) is 4.79 Å². The summed E-state index contributed by atoms with van der Waals surface area (Å²) in [6.07, 6.45) is 0. The Hall–Kier alpha value is -1.35. The number of amides is 1. The molecular weight excluding hydrogens is 212 g/mol. The van der Waals surface area contributed by atoms with E-state index in [1.54, 1.807) is 0 Å². The van der Waals surface area contributed by atoms with Gasteiger partial charge in [0.05, 0.1) is 12.1 Å². The van der Waals surface area contributed by atoms with Crippen LogP contribution in [0.3, 0.4) is 0 Å². The number of hydrogen-bond donors (Lipinski definition) is 2. The lowest BCUT2D eigenvalue weighted by Gasteiger charge is -2.21. The van der Waals surface area contributed by atoms with Gasteiger partial charge >= 0.3 is 0 Å². The zero-order chi connectivity index (χ0) is 13.0. The normalized spacial score (nSPS) is 14.5. The number of nitrogens with two attached hydrogens (primary N) is 1. The predicted octanol–water partition coefficient (Wildman–Crippen LogP) is 2.16. The van der Waals surface area contributed by atoms with E-state index in [0.717, 1.165) is 5.56 Å². The van der Waals surface area contributed by atoms with Gasteiger partial charge in [0.15, 0.2) is 0 Å². The van der Waals surface area contributed by atoms with Gasteiger partial charge in [-0.2, -0.15) is 0 Å². The van der Waals surface area contributed by atoms with Gasteiger partial charge in [0, 0.05) is 0 Å². The second kappa shape index (κ2) is 5.82. The van der Waals surface area contributed by atoms with E-state index < -0.39 is 6.04 Å². The number of nitrogens with one attached hydrogen (secondary N) is 1. The van der Waals surface area contributed by atoms with Crippen molar-refractivity contribution in [3.63, 3.8) is 0 Å². The van der Waals surface area contributed by atoms with Crippen molar-refractivity contribution in [3.8, 4) is 0 Å². The van der Waals surface area contributed by atoms with Crippen LogP contribution < -0.4 is 11.1 Å². The molecule has 0 fully saturated rings. The molecule has 2 atom stereocenters. The Bertz CT molecular complexity index is 388. The van der Waals surface area contributed by atoms with Crippen molar-refractivity contribution < 1.29 is 4.79 Å². The van der Waals surface area contributed by atoms with E-state index in [1.165, 1.54) is 5.56 Å². The first-order valence-electron chi connectivity index (χ1n) is 6.05. The number of carbonyl (C=O) groups excluding carboxylic acids is 1. The summed E-state index contributed by atoms with van der Waals surface area (Å²) in [5.74, 6) is 0.0647. The van der Waals surface area contributed by atoms with Gasteiger partial charge in [-0.1, -0.05) is 38.1 Å². The molecule has 1 rings (SSSR count). The van der Waals surface area contributed by atoms with Crippen molar-refractivity contribution in [3.05, 3.63) is 35.4 Å². The molecule has 0 saturated carbocycles. The highest BCUT2D eigenvalue weighted by Gasteiger charge is 2.19. The SMILES string of the molecule is Cc1ccccc1C(C)NC(=O)[C@@H](N)C(C)C. The molecule has 1 aromatic carbocycles. The molecule has 0 saturated heterocycles. The van der Waals surface area contributed by atoms with Gasteiger partial charge in [-0.15, -0.1) is 0 Å². The molecule has 1 unspecified atom stereocenters. The van der Waals surface area contributed by atoms with E-state index in [0.29, 0.717) is 0 Å². The average Bonchev–Trinajstić information content (AvgIpc) is 2.28. The van der Waals surface area contributed by atoms with Gasteiger partial charge in [-0.05, 0) is 30.9 Å². The van der Waals surface area contributed by atoms with Crippen LogP contribution in [0.1, 0.15) is 37.9 Å². The van der Waals surface area contributed by atoms with Crippen molar-refractivity contribution in [1.82, 2.24) is 5.32 Å². The number of rotatable bonds is 4. The molecule has 17 heavy (non-hydrogen) atoms.